The average molecular weight is 468 g/mol. The molecular weight excluding hydrogens is 442 g/mol. The van der Waals surface area contributed by atoms with E-state index in [1.165, 1.54) is 24.3 Å². The third kappa shape index (κ3) is 3.98. The Kier molecular flexibility index (Phi) is 5.59. The average Bonchev–Trinajstić information content (AvgIpc) is 3.46. The van der Waals surface area contributed by atoms with E-state index in [-0.39, 0.29) is 17.4 Å². The number of methoxy groups -OCH3 is 1. The summed E-state index contributed by atoms with van der Waals surface area (Å²) >= 11 is 1.66. The molecule has 0 spiro atoms. The Balaban J connectivity index is 1.38. The number of rotatable bonds is 5. The number of amides is 1. The first-order valence-corrected chi connectivity index (χ1v) is 11.7. The molecule has 2 aliphatic rings. The molecule has 1 atom stereocenters. The summed E-state index contributed by atoms with van der Waals surface area (Å²) in [6, 6.07) is 8.82. The van der Waals surface area contributed by atoms with Crippen molar-refractivity contribution in [3.63, 3.8) is 0 Å². The predicted molar refractivity (Wildman–Crippen MR) is 124 cm³/mol. The van der Waals surface area contributed by atoms with E-state index in [1.807, 2.05) is 0 Å². The van der Waals surface area contributed by atoms with Gasteiger partial charge in [0.25, 0.3) is 5.91 Å². The number of nitrogens with one attached hydrogen (secondary N) is 2. The van der Waals surface area contributed by atoms with Gasteiger partial charge in [-0.05, 0) is 55.7 Å². The largest absolute Gasteiger partial charge is 0.493 e. The molecule has 9 heteroatoms. The zero-order chi connectivity index (χ0) is 23.1. The summed E-state index contributed by atoms with van der Waals surface area (Å²) in [5, 5.41) is 7.42. The summed E-state index contributed by atoms with van der Waals surface area (Å²) in [5.74, 6) is 0.0710. The second-order valence-corrected chi connectivity index (χ2v) is 9.46. The number of ether oxygens (including phenoxy) is 2. The van der Waals surface area contributed by atoms with Gasteiger partial charge in [-0.1, -0.05) is 6.07 Å². The Labute approximate surface area is 195 Å². The van der Waals surface area contributed by atoms with Crippen molar-refractivity contribution < 1.29 is 23.5 Å². The fourth-order valence-corrected chi connectivity index (χ4v) is 5.53. The SMILES string of the molecule is COc1cc([C@H]2NC(=O)c3c(sc4c3CCN(C(C)C)C4)N2)ccc1OC(=O)c1ccco1. The lowest BCUT2D eigenvalue weighted by Crippen LogP contribution is -2.39. The first-order valence-electron chi connectivity index (χ1n) is 10.8. The van der Waals surface area contributed by atoms with Crippen molar-refractivity contribution in [2.24, 2.45) is 0 Å². The van der Waals surface area contributed by atoms with Crippen LogP contribution in [-0.4, -0.2) is 36.5 Å². The van der Waals surface area contributed by atoms with Gasteiger partial charge >= 0.3 is 5.97 Å². The van der Waals surface area contributed by atoms with Gasteiger partial charge in [-0.3, -0.25) is 9.69 Å². The molecule has 0 bridgehead atoms. The maximum absolute atomic E-state index is 13.0. The second kappa shape index (κ2) is 8.57. The highest BCUT2D eigenvalue weighted by atomic mass is 32.1. The molecule has 8 nitrogen and oxygen atoms in total. The zero-order valence-corrected chi connectivity index (χ0v) is 19.5. The van der Waals surface area contributed by atoms with Crippen LogP contribution >= 0.6 is 11.3 Å². The van der Waals surface area contributed by atoms with E-state index in [9.17, 15) is 9.59 Å². The lowest BCUT2D eigenvalue weighted by molar-refractivity contribution is 0.0696. The molecule has 5 rings (SSSR count). The van der Waals surface area contributed by atoms with Gasteiger partial charge in [0.1, 0.15) is 11.2 Å². The topological polar surface area (TPSA) is 93.0 Å². The Morgan fingerprint density at radius 1 is 1.24 bits per heavy atom. The van der Waals surface area contributed by atoms with Gasteiger partial charge in [-0.15, -0.1) is 11.3 Å². The number of esters is 1. The summed E-state index contributed by atoms with van der Waals surface area (Å²) in [6.45, 7) is 6.22. The number of nitrogens with zero attached hydrogens (tertiary/aromatic N) is 1. The van der Waals surface area contributed by atoms with Crippen LogP contribution in [0, 0.1) is 0 Å². The number of furan rings is 1. The normalized spacial score (nSPS) is 17.7. The van der Waals surface area contributed by atoms with Gasteiger partial charge in [-0.25, -0.2) is 4.79 Å². The van der Waals surface area contributed by atoms with E-state index in [0.717, 1.165) is 41.2 Å². The highest BCUT2D eigenvalue weighted by molar-refractivity contribution is 7.16. The molecule has 2 aromatic heterocycles. The molecule has 33 heavy (non-hydrogen) atoms. The van der Waals surface area contributed by atoms with E-state index in [4.69, 9.17) is 13.9 Å². The number of anilines is 1. The van der Waals surface area contributed by atoms with Crippen molar-refractivity contribution in [1.82, 2.24) is 10.2 Å². The molecule has 0 radical (unpaired) electrons. The number of carbonyl (C=O) groups is 2. The van der Waals surface area contributed by atoms with Crippen LogP contribution in [0.25, 0.3) is 0 Å². The fraction of sp³-hybridized carbons (Fsp3) is 0.333. The maximum Gasteiger partial charge on any atom is 0.379 e. The summed E-state index contributed by atoms with van der Waals surface area (Å²) < 4.78 is 15.9. The molecule has 4 heterocycles. The van der Waals surface area contributed by atoms with Gasteiger partial charge in [0.2, 0.25) is 5.76 Å². The Morgan fingerprint density at radius 2 is 2.09 bits per heavy atom. The highest BCUT2D eigenvalue weighted by Crippen LogP contribution is 2.41. The van der Waals surface area contributed by atoms with Gasteiger partial charge in [-0.2, -0.15) is 0 Å². The molecule has 0 saturated heterocycles. The molecule has 2 N–H and O–H groups in total. The number of carbonyl (C=O) groups excluding carboxylic acids is 2. The van der Waals surface area contributed by atoms with Crippen molar-refractivity contribution in [2.45, 2.75) is 39.0 Å². The molecule has 0 fully saturated rings. The number of hydrogen-bond donors (Lipinski definition) is 2. The summed E-state index contributed by atoms with van der Waals surface area (Å²) in [4.78, 5) is 29.0. The van der Waals surface area contributed by atoms with Crippen LogP contribution in [-0.2, 0) is 13.0 Å². The number of benzene rings is 1. The van der Waals surface area contributed by atoms with E-state index in [0.29, 0.717) is 11.8 Å². The van der Waals surface area contributed by atoms with Crippen LogP contribution in [0.15, 0.2) is 41.0 Å². The number of thiophene rings is 1. The molecule has 2 aliphatic heterocycles. The third-order valence-corrected chi connectivity index (χ3v) is 7.19. The molecule has 3 aromatic rings. The van der Waals surface area contributed by atoms with E-state index < -0.39 is 12.1 Å². The first-order chi connectivity index (χ1) is 15.9. The smallest absolute Gasteiger partial charge is 0.379 e. The Bertz CT molecular complexity index is 1200. The molecule has 0 unspecified atom stereocenters. The van der Waals surface area contributed by atoms with Crippen LogP contribution < -0.4 is 20.1 Å². The minimum absolute atomic E-state index is 0.0727. The molecule has 1 amide bonds. The highest BCUT2D eigenvalue weighted by Gasteiger charge is 2.34. The van der Waals surface area contributed by atoms with Crippen molar-refractivity contribution in [2.75, 3.05) is 19.0 Å². The van der Waals surface area contributed by atoms with Crippen molar-refractivity contribution in [3.05, 3.63) is 63.9 Å². The third-order valence-electron chi connectivity index (χ3n) is 6.04. The molecule has 172 valence electrons. The number of hydrogen-bond acceptors (Lipinski definition) is 8. The summed E-state index contributed by atoms with van der Waals surface area (Å²) in [5.41, 5.74) is 2.72. The van der Waals surface area contributed by atoms with Gasteiger partial charge in [0, 0.05) is 24.0 Å². The second-order valence-electron chi connectivity index (χ2n) is 8.35. The summed E-state index contributed by atoms with van der Waals surface area (Å²) in [6.07, 6.45) is 1.86. The fourth-order valence-electron chi connectivity index (χ4n) is 4.24. The standard InChI is InChI=1S/C24H25N3O5S/c1-13(2)27-9-8-15-19(12-27)33-23-20(15)22(28)25-21(26-23)14-6-7-16(18(11-14)30-3)32-24(29)17-5-4-10-31-17/h4-7,10-11,13,21,26H,8-9,12H2,1-3H3,(H,25,28)/t21-/m0/s1. The van der Waals surface area contributed by atoms with Crippen LogP contribution in [0.1, 0.15) is 56.9 Å². The predicted octanol–water partition coefficient (Wildman–Crippen LogP) is 4.19. The van der Waals surface area contributed by atoms with Gasteiger partial charge in [0.05, 0.1) is 18.9 Å². The molecule has 0 aliphatic carbocycles. The van der Waals surface area contributed by atoms with Crippen LogP contribution in [0.2, 0.25) is 0 Å². The molecular formula is C24H25N3O5S. The van der Waals surface area contributed by atoms with Gasteiger partial charge in [0.15, 0.2) is 11.5 Å². The zero-order valence-electron chi connectivity index (χ0n) is 18.6. The van der Waals surface area contributed by atoms with Crippen molar-refractivity contribution >= 4 is 28.2 Å². The van der Waals surface area contributed by atoms with Crippen molar-refractivity contribution in [3.8, 4) is 11.5 Å². The number of fused-ring (bicyclic) bond motifs is 3. The Hall–Kier alpha value is -3.30. The maximum atomic E-state index is 13.0. The minimum atomic E-state index is -0.612. The lowest BCUT2D eigenvalue weighted by atomic mass is 9.99. The lowest BCUT2D eigenvalue weighted by Gasteiger charge is -2.31. The molecule has 0 saturated carbocycles. The van der Waals surface area contributed by atoms with Crippen LogP contribution in [0.3, 0.4) is 0 Å². The van der Waals surface area contributed by atoms with Crippen LogP contribution in [0.5, 0.6) is 11.5 Å². The quantitative estimate of drug-likeness (QED) is 0.429. The van der Waals surface area contributed by atoms with Gasteiger partial charge < -0.3 is 24.5 Å². The van der Waals surface area contributed by atoms with E-state index >= 15 is 0 Å². The first kappa shape index (κ1) is 21.5. The molecule has 1 aromatic carbocycles. The van der Waals surface area contributed by atoms with Crippen molar-refractivity contribution in [1.29, 1.82) is 0 Å². The van der Waals surface area contributed by atoms with Crippen LogP contribution in [0.4, 0.5) is 5.00 Å². The Morgan fingerprint density at radius 3 is 2.82 bits per heavy atom. The summed E-state index contributed by atoms with van der Waals surface area (Å²) in [7, 11) is 1.50. The minimum Gasteiger partial charge on any atom is -0.493 e. The van der Waals surface area contributed by atoms with E-state index in [1.54, 1.807) is 35.6 Å². The monoisotopic (exact) mass is 467 g/mol. The van der Waals surface area contributed by atoms with E-state index in [2.05, 4.69) is 29.4 Å².